The van der Waals surface area contributed by atoms with Crippen LogP contribution < -0.4 is 52.7 Å². The molecule has 74 heavy (non-hydrogen) atoms. The second-order valence-electron chi connectivity index (χ2n) is 14.8. The largest absolute Gasteiger partial charge is 0.504 e. The number of methoxy groups -OCH3 is 6. The highest BCUT2D eigenvalue weighted by atomic mass is 32.1. The predicted molar refractivity (Wildman–Crippen MR) is 299 cm³/mol. The molecule has 0 saturated heterocycles. The number of rotatable bonds is 17. The lowest BCUT2D eigenvalue weighted by Crippen LogP contribution is -2.28. The van der Waals surface area contributed by atoms with E-state index >= 15 is 0 Å². The summed E-state index contributed by atoms with van der Waals surface area (Å²) in [6.45, 7) is 4.61. The Balaban J connectivity index is 0.000000261. The lowest BCUT2D eigenvalue weighted by Gasteiger charge is -2.06. The zero-order valence-electron chi connectivity index (χ0n) is 42.2. The van der Waals surface area contributed by atoms with Crippen molar-refractivity contribution in [2.24, 2.45) is 11.5 Å². The fourth-order valence-electron chi connectivity index (χ4n) is 5.50. The Morgan fingerprint density at radius 1 is 0.622 bits per heavy atom. The quantitative estimate of drug-likeness (QED) is 0.0148. The van der Waals surface area contributed by atoms with Crippen molar-refractivity contribution < 1.29 is 42.8 Å². The van der Waals surface area contributed by atoms with Crippen LogP contribution in [-0.4, -0.2) is 75.6 Å². The standard InChI is InChI=1S/C18H18N4O2S.C13H14N2O3S.C9H12N2OS.C8H11N.C5H8O3/c1-24-13-8-6-12(7-9-13)10-20-18-21-11-16(25-18)17(23)22-15-5-3-2-4-14(15)19;1-17-10-5-3-9(4-6-10)7-14-13-15-8-11(19-13)12(16)18-2;1-12-8-4-2-7(3-5-8)6-11-9(10)13;1-7-2-4-8(6-9)5-3-7;1-7-4-3-5(6)8-2/h2-9,11H,10,19H2,1H3,(H,20,21)(H,22,23);3-6,8H,7H2,1-2H3,(H,14,15);2-5H,6H2,1H3,(H3,10,11,13);2-5H,6,9H2,1H3;3-4H,1-2H3/b;;;;4-3+. The maximum absolute atomic E-state index is 12.3. The van der Waals surface area contributed by atoms with Crippen LogP contribution in [0.1, 0.15) is 47.2 Å². The van der Waals surface area contributed by atoms with Crippen molar-refractivity contribution in [1.29, 1.82) is 0 Å². The van der Waals surface area contributed by atoms with Crippen LogP contribution in [0, 0.1) is 6.92 Å². The second-order valence-corrected chi connectivity index (χ2v) is 17.3. The number of benzene rings is 5. The fraction of sp³-hybridized carbons (Fsp3) is 0.208. The molecule has 0 atom stereocenters. The number of aryl methyl sites for hydroxylation is 1. The minimum atomic E-state index is -0.410. The zero-order valence-corrected chi connectivity index (χ0v) is 44.7. The molecule has 392 valence electrons. The number of carbonyl (C=O) groups excluding carboxylic acids is 3. The van der Waals surface area contributed by atoms with Crippen molar-refractivity contribution in [3.63, 3.8) is 0 Å². The number of aromatic nitrogens is 2. The summed E-state index contributed by atoms with van der Waals surface area (Å²) in [4.78, 5) is 43.1. The number of hydrogen-bond acceptors (Lipinski definition) is 18. The van der Waals surface area contributed by atoms with Gasteiger partial charge in [0.2, 0.25) is 0 Å². The van der Waals surface area contributed by atoms with E-state index in [1.165, 1.54) is 73.7 Å². The van der Waals surface area contributed by atoms with Crippen LogP contribution in [0.25, 0.3) is 0 Å². The molecule has 0 unspecified atom stereocenters. The monoisotopic (exact) mass is 1070 g/mol. The van der Waals surface area contributed by atoms with Gasteiger partial charge in [-0.3, -0.25) is 4.79 Å². The number of nitrogen functional groups attached to an aromatic ring is 1. The molecule has 0 bridgehead atoms. The van der Waals surface area contributed by atoms with Gasteiger partial charge < -0.3 is 66.9 Å². The first-order chi connectivity index (χ1) is 35.7. The number of ether oxygens (including phenoxy) is 6. The summed E-state index contributed by atoms with van der Waals surface area (Å²) in [5.74, 6) is 1.48. The average Bonchev–Trinajstić information content (AvgIpc) is 4.13. The molecule has 0 saturated carbocycles. The summed E-state index contributed by atoms with van der Waals surface area (Å²) in [5.41, 5.74) is 23.4. The van der Waals surface area contributed by atoms with Crippen LogP contribution in [0.4, 0.5) is 21.6 Å². The number of nitrogens with one attached hydrogen (secondary N) is 4. The van der Waals surface area contributed by atoms with Crippen LogP contribution in [-0.2, 0) is 45.2 Å². The molecule has 0 aliphatic rings. The van der Waals surface area contributed by atoms with Crippen molar-refractivity contribution in [3.05, 3.63) is 184 Å². The van der Waals surface area contributed by atoms with E-state index in [1.807, 2.05) is 84.9 Å². The predicted octanol–water partition coefficient (Wildman–Crippen LogP) is 8.95. The Hall–Kier alpha value is -8.24. The molecular weight excluding hydrogens is 1000 g/mol. The SMILES string of the molecule is CO/C=C/C(=O)OC.COC(=O)c1cnc(NCc2ccc(OC)cc2)s1.COc1ccc(CNC(N)=S)cc1.COc1ccc(CNc2ncc(C(=O)Nc3ccccc3N)s2)cc1.Cc1ccc(CN)cc1. The summed E-state index contributed by atoms with van der Waals surface area (Å²) in [5, 5.41) is 13.7. The Kier molecular flexibility index (Phi) is 27.7. The van der Waals surface area contributed by atoms with Gasteiger partial charge in [0.15, 0.2) is 15.4 Å². The van der Waals surface area contributed by atoms with E-state index in [2.05, 4.69) is 88.9 Å². The van der Waals surface area contributed by atoms with Crippen molar-refractivity contribution in [3.8, 4) is 17.2 Å². The number of anilines is 4. The highest BCUT2D eigenvalue weighted by molar-refractivity contribution is 7.80. The number of nitrogens with zero attached hydrogens (tertiary/aromatic N) is 2. The van der Waals surface area contributed by atoms with Gasteiger partial charge in [0, 0.05) is 26.2 Å². The lowest BCUT2D eigenvalue weighted by atomic mass is 10.2. The number of amides is 1. The first-order valence-corrected chi connectivity index (χ1v) is 24.4. The Bertz CT molecular complexity index is 2770. The van der Waals surface area contributed by atoms with Crippen LogP contribution in [0.2, 0.25) is 0 Å². The van der Waals surface area contributed by atoms with Gasteiger partial charge in [-0.2, -0.15) is 0 Å². The van der Waals surface area contributed by atoms with Crippen molar-refractivity contribution in [1.82, 2.24) is 15.3 Å². The topological polar surface area (TPSA) is 259 Å². The summed E-state index contributed by atoms with van der Waals surface area (Å²) in [6.07, 6.45) is 5.51. The maximum atomic E-state index is 12.3. The van der Waals surface area contributed by atoms with Crippen molar-refractivity contribution >= 4 is 79.5 Å². The Labute approximate surface area is 445 Å². The van der Waals surface area contributed by atoms with E-state index in [0.717, 1.165) is 33.9 Å². The summed E-state index contributed by atoms with van der Waals surface area (Å²) in [7, 11) is 9.03. The van der Waals surface area contributed by atoms with Gasteiger partial charge in [-0.1, -0.05) is 101 Å². The number of carbonyl (C=O) groups is 3. The number of nitrogens with two attached hydrogens (primary N) is 3. The molecular formula is C53H63N9O9S3. The Morgan fingerprint density at radius 2 is 1.08 bits per heavy atom. The van der Waals surface area contributed by atoms with Gasteiger partial charge >= 0.3 is 11.9 Å². The number of esters is 2. The normalized spacial score (nSPS) is 9.84. The first-order valence-electron chi connectivity index (χ1n) is 22.3. The molecule has 0 spiro atoms. The third-order valence-corrected chi connectivity index (χ3v) is 11.6. The Morgan fingerprint density at radius 3 is 1.51 bits per heavy atom. The van der Waals surface area contributed by atoms with Gasteiger partial charge in [0.1, 0.15) is 27.0 Å². The molecule has 7 aromatic rings. The molecule has 0 aliphatic heterocycles. The molecule has 2 heterocycles. The number of thiazole rings is 2. The van der Waals surface area contributed by atoms with Gasteiger partial charge in [-0.15, -0.1) is 0 Å². The minimum Gasteiger partial charge on any atom is -0.504 e. The molecule has 2 aromatic heterocycles. The highest BCUT2D eigenvalue weighted by Gasteiger charge is 2.13. The van der Waals surface area contributed by atoms with Crippen LogP contribution in [0.15, 0.2) is 146 Å². The summed E-state index contributed by atoms with van der Waals surface area (Å²) in [6, 6.07) is 38.6. The lowest BCUT2D eigenvalue weighted by molar-refractivity contribution is -0.134. The average molecular weight is 1070 g/mol. The molecule has 10 N–H and O–H groups in total. The number of thiocarbonyl (C=S) groups is 1. The van der Waals surface area contributed by atoms with E-state index in [0.29, 0.717) is 62.7 Å². The van der Waals surface area contributed by atoms with Crippen LogP contribution in [0.3, 0.4) is 0 Å². The summed E-state index contributed by atoms with van der Waals surface area (Å²) >= 11 is 7.25. The minimum absolute atomic E-state index is 0.229. The molecule has 0 aliphatic carbocycles. The fourth-order valence-corrected chi connectivity index (χ4v) is 7.01. The molecule has 21 heteroatoms. The van der Waals surface area contributed by atoms with Gasteiger partial charge in [-0.25, -0.2) is 19.6 Å². The smallest absolute Gasteiger partial charge is 0.349 e. The first kappa shape index (κ1) is 60.1. The summed E-state index contributed by atoms with van der Waals surface area (Å²) < 4.78 is 28.6. The van der Waals surface area contributed by atoms with E-state index < -0.39 is 5.97 Å². The van der Waals surface area contributed by atoms with Crippen molar-refractivity contribution in [2.45, 2.75) is 33.1 Å². The van der Waals surface area contributed by atoms with Crippen LogP contribution >= 0.6 is 34.9 Å². The van der Waals surface area contributed by atoms with E-state index in [-0.39, 0.29) is 11.9 Å². The van der Waals surface area contributed by atoms with Gasteiger partial charge in [0.25, 0.3) is 5.91 Å². The van der Waals surface area contributed by atoms with Gasteiger partial charge in [0.05, 0.1) is 78.8 Å². The molecule has 0 fully saturated rings. The van der Waals surface area contributed by atoms with Crippen LogP contribution in [0.5, 0.6) is 17.2 Å². The second kappa shape index (κ2) is 34.2. The molecule has 18 nitrogen and oxygen atoms in total. The van der Waals surface area contributed by atoms with E-state index in [1.54, 1.807) is 39.7 Å². The zero-order chi connectivity index (χ0) is 54.1. The molecule has 0 radical (unpaired) electrons. The van der Waals surface area contributed by atoms with Crippen molar-refractivity contribution in [2.75, 3.05) is 64.3 Å². The maximum Gasteiger partial charge on any atom is 0.349 e. The van der Waals surface area contributed by atoms with E-state index in [4.69, 9.17) is 31.4 Å². The molecule has 7 rings (SSSR count). The highest BCUT2D eigenvalue weighted by Crippen LogP contribution is 2.24. The number of para-hydroxylation sites is 2. The number of hydrogen-bond donors (Lipinski definition) is 7. The molecule has 5 aromatic carbocycles. The van der Waals surface area contributed by atoms with E-state index in [9.17, 15) is 14.4 Å². The molecule has 1 amide bonds. The van der Waals surface area contributed by atoms with Gasteiger partial charge in [-0.05, 0) is 89.9 Å². The third-order valence-electron chi connectivity index (χ3n) is 9.56. The third kappa shape index (κ3) is 23.3.